The molecule has 4 heteroatoms. The summed E-state index contributed by atoms with van der Waals surface area (Å²) in [6.45, 7) is 0.516. The van der Waals surface area contributed by atoms with Gasteiger partial charge in [-0.15, -0.1) is 0 Å². The van der Waals surface area contributed by atoms with Gasteiger partial charge in [-0.1, -0.05) is 54.2 Å². The number of fused-ring (bicyclic) bond motifs is 1. The molecule has 1 heterocycles. The fourth-order valence-electron chi connectivity index (χ4n) is 2.31. The second kappa shape index (κ2) is 5.35. The Balaban J connectivity index is 2.23. The van der Waals surface area contributed by atoms with E-state index in [2.05, 4.69) is 17.1 Å². The Morgan fingerprint density at radius 2 is 1.90 bits per heavy atom. The third-order valence-corrected chi connectivity index (χ3v) is 4.01. The number of benzene rings is 2. The largest absolute Gasteiger partial charge is 0.337 e. The van der Waals surface area contributed by atoms with E-state index < -0.39 is 0 Å². The predicted octanol–water partition coefficient (Wildman–Crippen LogP) is 3.95. The van der Waals surface area contributed by atoms with E-state index in [-0.39, 0.29) is 0 Å². The summed E-state index contributed by atoms with van der Waals surface area (Å²) in [6.07, 6.45) is 0. The molecule has 0 saturated carbocycles. The fraction of sp³-hybridized carbons (Fsp3) is 0.125. The van der Waals surface area contributed by atoms with Crippen LogP contribution < -0.4 is 4.90 Å². The van der Waals surface area contributed by atoms with Crippen molar-refractivity contribution in [3.8, 4) is 0 Å². The molecular formula is C16H13ClN2S. The molecule has 0 atom stereocenters. The number of likely N-dealkylation sites (N-methyl/N-ethyl adjacent to an activating group) is 1. The smallest absolute Gasteiger partial charge is 0.104 e. The minimum absolute atomic E-state index is 0.516. The van der Waals surface area contributed by atoms with Crippen LogP contribution in [-0.4, -0.2) is 24.3 Å². The molecule has 3 rings (SSSR count). The van der Waals surface area contributed by atoms with Crippen LogP contribution in [0.3, 0.4) is 0 Å². The number of halogens is 1. The lowest BCUT2D eigenvalue weighted by atomic mass is 10.0. The van der Waals surface area contributed by atoms with Crippen LogP contribution in [0.5, 0.6) is 0 Å². The SMILES string of the molecule is CN1C(=S)CN=C(c2ccccc2)c2cc(Cl)ccc21. The molecule has 0 spiro atoms. The maximum absolute atomic E-state index is 6.16. The summed E-state index contributed by atoms with van der Waals surface area (Å²) >= 11 is 11.6. The molecule has 0 amide bonds. The molecule has 1 aliphatic heterocycles. The molecule has 100 valence electrons. The summed E-state index contributed by atoms with van der Waals surface area (Å²) in [5.41, 5.74) is 4.08. The fourth-order valence-corrected chi connectivity index (χ4v) is 2.64. The van der Waals surface area contributed by atoms with Gasteiger partial charge in [-0.05, 0) is 18.2 Å². The lowest BCUT2D eigenvalue weighted by molar-refractivity contribution is 1.23. The van der Waals surface area contributed by atoms with Gasteiger partial charge in [0.25, 0.3) is 0 Å². The first-order valence-electron chi connectivity index (χ1n) is 6.33. The molecule has 0 fully saturated rings. The van der Waals surface area contributed by atoms with E-state index >= 15 is 0 Å². The van der Waals surface area contributed by atoms with Crippen LogP contribution in [0.1, 0.15) is 11.1 Å². The average molecular weight is 301 g/mol. The lowest BCUT2D eigenvalue weighted by Gasteiger charge is -2.20. The van der Waals surface area contributed by atoms with Crippen LogP contribution in [0.2, 0.25) is 5.02 Å². The Morgan fingerprint density at radius 3 is 2.65 bits per heavy atom. The first-order chi connectivity index (χ1) is 9.66. The maximum Gasteiger partial charge on any atom is 0.104 e. The predicted molar refractivity (Wildman–Crippen MR) is 89.4 cm³/mol. The van der Waals surface area contributed by atoms with Crippen molar-refractivity contribution >= 4 is 40.2 Å². The summed E-state index contributed by atoms with van der Waals surface area (Å²) in [4.78, 5) is 7.49. The van der Waals surface area contributed by atoms with Crippen molar-refractivity contribution in [1.29, 1.82) is 0 Å². The van der Waals surface area contributed by atoms with E-state index in [1.807, 2.05) is 48.3 Å². The van der Waals surface area contributed by atoms with E-state index in [1.54, 1.807) is 0 Å². The molecule has 2 aromatic rings. The van der Waals surface area contributed by atoms with Gasteiger partial charge in [-0.2, -0.15) is 0 Å². The van der Waals surface area contributed by atoms with Gasteiger partial charge >= 0.3 is 0 Å². The van der Waals surface area contributed by atoms with E-state index in [9.17, 15) is 0 Å². The minimum Gasteiger partial charge on any atom is -0.337 e. The van der Waals surface area contributed by atoms with Crippen molar-refractivity contribution in [3.63, 3.8) is 0 Å². The zero-order valence-electron chi connectivity index (χ0n) is 11.0. The van der Waals surface area contributed by atoms with Crippen LogP contribution in [0, 0.1) is 0 Å². The third kappa shape index (κ3) is 2.35. The summed E-state index contributed by atoms with van der Waals surface area (Å²) < 4.78 is 0. The molecule has 0 radical (unpaired) electrons. The van der Waals surface area contributed by atoms with Crippen LogP contribution in [-0.2, 0) is 0 Å². The normalized spacial score (nSPS) is 14.6. The van der Waals surface area contributed by atoms with Crippen LogP contribution in [0.4, 0.5) is 5.69 Å². The quantitative estimate of drug-likeness (QED) is 0.741. The van der Waals surface area contributed by atoms with Gasteiger partial charge in [-0.25, -0.2) is 0 Å². The van der Waals surface area contributed by atoms with Crippen molar-refractivity contribution in [2.45, 2.75) is 0 Å². The zero-order valence-corrected chi connectivity index (χ0v) is 12.6. The van der Waals surface area contributed by atoms with E-state index in [4.69, 9.17) is 23.8 Å². The highest BCUT2D eigenvalue weighted by atomic mass is 35.5. The number of rotatable bonds is 1. The van der Waals surface area contributed by atoms with Gasteiger partial charge in [0.1, 0.15) is 4.99 Å². The lowest BCUT2D eigenvalue weighted by Crippen LogP contribution is -2.26. The molecule has 2 nitrogen and oxygen atoms in total. The number of anilines is 1. The Kier molecular flexibility index (Phi) is 3.55. The Morgan fingerprint density at radius 1 is 1.15 bits per heavy atom. The van der Waals surface area contributed by atoms with Gasteiger partial charge in [0.05, 0.1) is 17.9 Å². The van der Waals surface area contributed by atoms with Gasteiger partial charge in [0, 0.05) is 23.2 Å². The van der Waals surface area contributed by atoms with Crippen molar-refractivity contribution in [2.24, 2.45) is 4.99 Å². The maximum atomic E-state index is 6.16. The highest BCUT2D eigenvalue weighted by Gasteiger charge is 2.20. The van der Waals surface area contributed by atoms with Gasteiger partial charge in [0.15, 0.2) is 0 Å². The van der Waals surface area contributed by atoms with Crippen molar-refractivity contribution in [1.82, 2.24) is 0 Å². The molecule has 1 aliphatic rings. The van der Waals surface area contributed by atoms with Crippen molar-refractivity contribution < 1.29 is 0 Å². The molecule has 2 aromatic carbocycles. The minimum atomic E-state index is 0.516. The van der Waals surface area contributed by atoms with E-state index in [0.29, 0.717) is 11.6 Å². The highest BCUT2D eigenvalue weighted by Crippen LogP contribution is 2.28. The average Bonchev–Trinajstić information content (AvgIpc) is 2.58. The first-order valence-corrected chi connectivity index (χ1v) is 7.12. The Labute approximate surface area is 128 Å². The Bertz CT molecular complexity index is 695. The number of aliphatic imine (C=N–C) groups is 1. The van der Waals surface area contributed by atoms with Crippen molar-refractivity contribution in [2.75, 3.05) is 18.5 Å². The van der Waals surface area contributed by atoms with E-state index in [1.165, 1.54) is 0 Å². The number of thiocarbonyl (C=S) groups is 1. The molecule has 0 aromatic heterocycles. The van der Waals surface area contributed by atoms with Crippen LogP contribution in [0.25, 0.3) is 0 Å². The number of hydrogen-bond acceptors (Lipinski definition) is 2. The molecule has 0 N–H and O–H groups in total. The van der Waals surface area contributed by atoms with Crippen LogP contribution >= 0.6 is 23.8 Å². The topological polar surface area (TPSA) is 15.6 Å². The monoisotopic (exact) mass is 300 g/mol. The number of hydrogen-bond donors (Lipinski definition) is 0. The second-order valence-electron chi connectivity index (χ2n) is 4.65. The summed E-state index contributed by atoms with van der Waals surface area (Å²) in [6, 6.07) is 15.9. The Hall–Kier alpha value is -1.71. The molecular weight excluding hydrogens is 288 g/mol. The molecule has 0 unspecified atom stereocenters. The zero-order chi connectivity index (χ0) is 14.1. The summed E-state index contributed by atoms with van der Waals surface area (Å²) in [5, 5.41) is 0.702. The molecule has 0 bridgehead atoms. The molecule has 0 aliphatic carbocycles. The second-order valence-corrected chi connectivity index (χ2v) is 5.55. The van der Waals surface area contributed by atoms with Crippen molar-refractivity contribution in [3.05, 3.63) is 64.7 Å². The highest BCUT2D eigenvalue weighted by molar-refractivity contribution is 7.80. The van der Waals surface area contributed by atoms with Gasteiger partial charge in [-0.3, -0.25) is 4.99 Å². The molecule has 20 heavy (non-hydrogen) atoms. The van der Waals surface area contributed by atoms with Gasteiger partial charge < -0.3 is 4.90 Å². The third-order valence-electron chi connectivity index (χ3n) is 3.37. The van der Waals surface area contributed by atoms with Gasteiger partial charge in [0.2, 0.25) is 0 Å². The summed E-state index contributed by atoms with van der Waals surface area (Å²) in [7, 11) is 1.97. The molecule has 0 saturated heterocycles. The van der Waals surface area contributed by atoms with E-state index in [0.717, 1.165) is 27.5 Å². The number of benzodiazepines with no additional fused rings is 1. The van der Waals surface area contributed by atoms with Crippen LogP contribution in [0.15, 0.2) is 53.5 Å². The summed E-state index contributed by atoms with van der Waals surface area (Å²) in [5.74, 6) is 0. The standard InChI is InChI=1S/C16H13ClN2S/c1-19-14-8-7-12(17)9-13(14)16(18-10-15(19)20)11-5-3-2-4-6-11/h2-9H,10H2,1H3. The first kappa shape index (κ1) is 13.3. The number of nitrogens with zero attached hydrogens (tertiary/aromatic N) is 2.